The monoisotopic (exact) mass is 1150 g/mol. The number of rotatable bonds is 16. The zero-order valence-electron chi connectivity index (χ0n) is 47.3. The Bertz CT molecular complexity index is 3580. The summed E-state index contributed by atoms with van der Waals surface area (Å²) < 4.78 is 61.1. The molecule has 0 radical (unpaired) electrons. The second kappa shape index (κ2) is 23.4. The number of thiazole rings is 1. The van der Waals surface area contributed by atoms with Crippen molar-refractivity contribution in [2.75, 3.05) is 68.8 Å². The molecule has 2 bridgehead atoms. The SMILES string of the molecule is C#Cc1c(F)ccc2cc(O)cc(-c3ncc4c(N5CC6CCC(C5)N6)nc(OCCN5CCC(CC6(F)CCN(c7cc(C(C(=O)N8CCCC8C(=O)NC(C)c8ccc(-c9scnc9C)cc8)C(C)C)on7)CC6)CC5)nc4c3F)c12. The molecule has 5 aliphatic rings. The third kappa shape index (κ3) is 11.4. The molecule has 0 aliphatic carbocycles. The lowest BCUT2D eigenvalue weighted by atomic mass is 9.80. The van der Waals surface area contributed by atoms with Crippen LogP contribution in [0.25, 0.3) is 43.4 Å². The molecule has 434 valence electrons. The number of hydrogen-bond acceptors (Lipinski definition) is 15. The first-order chi connectivity index (χ1) is 40.1. The number of phenolic OH excluding ortho intramolecular Hbond substituents is 1. The lowest BCUT2D eigenvalue weighted by Crippen LogP contribution is -2.51. The number of alkyl halides is 1. The fourth-order valence-corrected chi connectivity index (χ4v) is 14.3. The van der Waals surface area contributed by atoms with Crippen molar-refractivity contribution in [1.82, 2.24) is 45.5 Å². The van der Waals surface area contributed by atoms with Crippen molar-refractivity contribution in [2.24, 2.45) is 11.8 Å². The molecule has 7 aromatic rings. The molecule has 83 heavy (non-hydrogen) atoms. The molecular weight excluding hydrogens is 1080 g/mol. The molecule has 9 heterocycles. The number of fused-ring (bicyclic) bond motifs is 4. The van der Waals surface area contributed by atoms with Crippen molar-refractivity contribution in [1.29, 1.82) is 0 Å². The molecule has 12 rings (SSSR count). The molecule has 0 saturated carbocycles. The maximum atomic E-state index is 17.1. The summed E-state index contributed by atoms with van der Waals surface area (Å²) in [5, 5.41) is 23.0. The Morgan fingerprint density at radius 2 is 1.71 bits per heavy atom. The summed E-state index contributed by atoms with van der Waals surface area (Å²) >= 11 is 1.60. The van der Waals surface area contributed by atoms with Crippen molar-refractivity contribution in [2.45, 2.75) is 121 Å². The second-order valence-corrected chi connectivity index (χ2v) is 24.7. The number of piperazine rings is 1. The van der Waals surface area contributed by atoms with Gasteiger partial charge in [0.15, 0.2) is 17.4 Å². The maximum absolute atomic E-state index is 17.1. The Kier molecular flexibility index (Phi) is 15.8. The number of halogens is 3. The van der Waals surface area contributed by atoms with Gasteiger partial charge in [0.1, 0.15) is 52.8 Å². The van der Waals surface area contributed by atoms with Gasteiger partial charge < -0.3 is 39.7 Å². The van der Waals surface area contributed by atoms with E-state index in [0.717, 1.165) is 66.9 Å². The molecule has 5 atom stereocenters. The number of likely N-dealkylation sites (tertiary alicyclic amines) is 2. The molecule has 3 aromatic carbocycles. The highest BCUT2D eigenvalue weighted by molar-refractivity contribution is 7.13. The Balaban J connectivity index is 0.643. The molecule has 3 N–H and O–H groups in total. The van der Waals surface area contributed by atoms with Gasteiger partial charge >= 0.3 is 6.01 Å². The van der Waals surface area contributed by atoms with Gasteiger partial charge in [-0.15, -0.1) is 17.8 Å². The van der Waals surface area contributed by atoms with E-state index in [4.69, 9.17) is 20.7 Å². The number of aryl methyl sites for hydroxylation is 1. The summed E-state index contributed by atoms with van der Waals surface area (Å²) in [6, 6.07) is 15.2. The zero-order valence-corrected chi connectivity index (χ0v) is 48.2. The predicted octanol–water partition coefficient (Wildman–Crippen LogP) is 10.3. The van der Waals surface area contributed by atoms with Crippen LogP contribution in [0.4, 0.5) is 24.8 Å². The largest absolute Gasteiger partial charge is 0.508 e. The van der Waals surface area contributed by atoms with Crippen LogP contribution in [0.3, 0.4) is 0 Å². The minimum atomic E-state index is -1.32. The molecule has 16 nitrogen and oxygen atoms in total. The van der Waals surface area contributed by atoms with Crippen molar-refractivity contribution >= 4 is 56.5 Å². The van der Waals surface area contributed by atoms with Gasteiger partial charge in [0.25, 0.3) is 0 Å². The number of carbonyl (C=O) groups excluding carboxylic acids is 2. The fourth-order valence-electron chi connectivity index (χ4n) is 13.5. The molecule has 5 saturated heterocycles. The summed E-state index contributed by atoms with van der Waals surface area (Å²) in [7, 11) is 0. The summed E-state index contributed by atoms with van der Waals surface area (Å²) in [6.07, 6.45) is 13.5. The van der Waals surface area contributed by atoms with Crippen LogP contribution in [0.2, 0.25) is 0 Å². The normalized spacial score (nSPS) is 21.0. The lowest BCUT2D eigenvalue weighted by molar-refractivity contribution is -0.141. The van der Waals surface area contributed by atoms with Crippen molar-refractivity contribution < 1.29 is 37.1 Å². The van der Waals surface area contributed by atoms with Gasteiger partial charge in [-0.05, 0) is 131 Å². The van der Waals surface area contributed by atoms with E-state index < -0.39 is 29.3 Å². The third-order valence-corrected chi connectivity index (χ3v) is 18.9. The number of ether oxygens (including phenoxy) is 1. The number of nitrogens with one attached hydrogen (secondary N) is 2. The number of amides is 2. The van der Waals surface area contributed by atoms with E-state index >= 15 is 13.2 Å². The number of phenols is 1. The lowest BCUT2D eigenvalue weighted by Gasteiger charge is -2.40. The summed E-state index contributed by atoms with van der Waals surface area (Å²) in [5.41, 5.74) is 3.48. The molecule has 5 unspecified atom stereocenters. The van der Waals surface area contributed by atoms with E-state index in [1.807, 2.05) is 56.3 Å². The average molecular weight is 1150 g/mol. The van der Waals surface area contributed by atoms with Gasteiger partial charge in [-0.25, -0.2) is 18.2 Å². The van der Waals surface area contributed by atoms with Crippen molar-refractivity contribution in [3.63, 3.8) is 0 Å². The van der Waals surface area contributed by atoms with Crippen LogP contribution in [0.1, 0.15) is 113 Å². The number of carbonyl (C=O) groups is 2. The van der Waals surface area contributed by atoms with Gasteiger partial charge in [-0.3, -0.25) is 19.5 Å². The topological polar surface area (TPSA) is 178 Å². The number of hydrogen-bond donors (Lipinski definition) is 3. The predicted molar refractivity (Wildman–Crippen MR) is 314 cm³/mol. The quantitative estimate of drug-likeness (QED) is 0.0779. The van der Waals surface area contributed by atoms with E-state index in [0.29, 0.717) is 93.1 Å². The van der Waals surface area contributed by atoms with Crippen LogP contribution < -0.4 is 25.2 Å². The maximum Gasteiger partial charge on any atom is 0.319 e. The number of aromatic nitrogens is 5. The number of terminal acetylenes is 1. The van der Waals surface area contributed by atoms with Gasteiger partial charge in [-0.2, -0.15) is 9.97 Å². The first-order valence-electron chi connectivity index (χ1n) is 29.3. The molecule has 5 fully saturated rings. The van der Waals surface area contributed by atoms with E-state index in [1.54, 1.807) is 16.2 Å². The smallest absolute Gasteiger partial charge is 0.319 e. The van der Waals surface area contributed by atoms with Gasteiger partial charge in [-0.1, -0.05) is 55.3 Å². The number of pyridine rings is 1. The summed E-state index contributed by atoms with van der Waals surface area (Å²) in [4.78, 5) is 55.9. The number of anilines is 2. The molecule has 2 amide bonds. The Hall–Kier alpha value is -7.34. The molecular formula is C63H70F3N11O5S. The van der Waals surface area contributed by atoms with Crippen LogP contribution in [0, 0.1) is 42.7 Å². The first kappa shape index (κ1) is 56.2. The molecule has 0 spiro atoms. The van der Waals surface area contributed by atoms with Crippen LogP contribution in [-0.2, 0) is 9.59 Å². The fraction of sp³-hybridized carbons (Fsp3) is 0.476. The Morgan fingerprint density at radius 1 is 0.952 bits per heavy atom. The standard InChI is InChI=1S/C63H70F3N11O5S/c1-6-46-49(64)16-13-42-28-45(78)29-47(54(42)46)56-55(65)57-48(32-67-56)59(76-33-43-14-15-44(34-76)70-43)72-62(71-57)81-27-26-74-22-17-39(18-23-74)31-63(66)19-24-75(25-20-63)52-30-51(82-73-52)53(36(2)3)61(80)77-21-7-8-50(77)60(79)69-37(4)40-9-11-41(12-10-40)58-38(5)68-35-83-58/h1,9-13,16,28-30,32,35-37,39,43-44,50,53,70,78H,7-8,14-15,17-27,31,33-34H2,2-5H3,(H,69,79). The van der Waals surface area contributed by atoms with Gasteiger partial charge in [0.2, 0.25) is 11.8 Å². The van der Waals surface area contributed by atoms with E-state index in [9.17, 15) is 14.7 Å². The highest BCUT2D eigenvalue weighted by Crippen LogP contribution is 2.42. The van der Waals surface area contributed by atoms with Crippen LogP contribution >= 0.6 is 11.3 Å². The van der Waals surface area contributed by atoms with Crippen LogP contribution in [0.15, 0.2) is 70.8 Å². The van der Waals surface area contributed by atoms with E-state index in [2.05, 4.69) is 58.6 Å². The number of nitrogens with zero attached hydrogens (tertiary/aromatic N) is 9. The Labute approximate surface area is 485 Å². The number of aromatic hydroxyl groups is 1. The number of piperidine rings is 2. The van der Waals surface area contributed by atoms with Gasteiger partial charge in [0.05, 0.1) is 33.1 Å². The minimum Gasteiger partial charge on any atom is -0.508 e. The van der Waals surface area contributed by atoms with Crippen LogP contribution in [-0.4, -0.2) is 135 Å². The first-order valence-corrected chi connectivity index (χ1v) is 30.1. The molecule has 4 aromatic heterocycles. The van der Waals surface area contributed by atoms with Crippen molar-refractivity contribution in [3.8, 4) is 45.8 Å². The zero-order chi connectivity index (χ0) is 57.7. The summed E-state index contributed by atoms with van der Waals surface area (Å²) in [5.74, 6) is 1.48. The highest BCUT2D eigenvalue weighted by atomic mass is 32.1. The van der Waals surface area contributed by atoms with E-state index in [1.165, 1.54) is 30.5 Å². The molecule has 5 aliphatic heterocycles. The highest BCUT2D eigenvalue weighted by Gasteiger charge is 2.43. The minimum absolute atomic E-state index is 0.0116. The van der Waals surface area contributed by atoms with Crippen molar-refractivity contribution in [3.05, 3.63) is 101 Å². The second-order valence-electron chi connectivity index (χ2n) is 23.8. The summed E-state index contributed by atoms with van der Waals surface area (Å²) in [6.45, 7) is 13.0. The third-order valence-electron chi connectivity index (χ3n) is 18.0. The Morgan fingerprint density at radius 3 is 2.42 bits per heavy atom. The van der Waals surface area contributed by atoms with Crippen LogP contribution in [0.5, 0.6) is 11.8 Å². The average Bonchev–Trinajstić information content (AvgIpc) is 3.78. The molecule has 20 heteroatoms. The number of benzene rings is 3. The van der Waals surface area contributed by atoms with Gasteiger partial charge in [0, 0.05) is 74.6 Å². The van der Waals surface area contributed by atoms with E-state index in [-0.39, 0.29) is 87.9 Å².